The molecule has 2 aromatic carbocycles. The molecule has 4 rings (SSSR count). The number of aliphatic hydroxyl groups excluding tert-OH is 1. The van der Waals surface area contributed by atoms with E-state index in [1.807, 2.05) is 74.5 Å². The first-order valence-electron chi connectivity index (χ1n) is 9.73. The van der Waals surface area contributed by atoms with E-state index in [-0.39, 0.29) is 22.5 Å². The van der Waals surface area contributed by atoms with Gasteiger partial charge >= 0.3 is 0 Å². The molecule has 0 atom stereocenters. The first-order valence-corrected chi connectivity index (χ1v) is 10.5. The number of hydrogen-bond acceptors (Lipinski definition) is 4. The van der Waals surface area contributed by atoms with Crippen LogP contribution in [-0.4, -0.2) is 26.9 Å². The van der Waals surface area contributed by atoms with Crippen LogP contribution in [0.3, 0.4) is 0 Å². The molecule has 1 aliphatic rings. The molecule has 1 aliphatic carbocycles. The number of nitrogens with zero attached hydrogens (tertiary/aromatic N) is 3. The molecule has 0 spiro atoms. The van der Waals surface area contributed by atoms with Gasteiger partial charge in [0.2, 0.25) is 0 Å². The Bertz CT molecular complexity index is 1140. The predicted octanol–water partition coefficient (Wildman–Crippen LogP) is 6.21. The average Bonchev–Trinajstić information content (AvgIpc) is 3.12. The van der Waals surface area contributed by atoms with Crippen LogP contribution >= 0.6 is 15.9 Å². The fraction of sp³-hybridized carbons (Fsp3) is 0.208. The number of benzene rings is 2. The van der Waals surface area contributed by atoms with Crippen LogP contribution in [0, 0.1) is 5.41 Å². The molecule has 1 N–H and O–H groups in total. The number of hydrogen-bond donors (Lipinski definition) is 1. The quantitative estimate of drug-likeness (QED) is 0.467. The predicted molar refractivity (Wildman–Crippen MR) is 123 cm³/mol. The summed E-state index contributed by atoms with van der Waals surface area (Å²) < 4.78 is 2.73. The van der Waals surface area contributed by atoms with Crippen molar-refractivity contribution in [3.63, 3.8) is 0 Å². The van der Waals surface area contributed by atoms with Gasteiger partial charge in [0, 0.05) is 35.2 Å². The second-order valence-electron chi connectivity index (χ2n) is 8.20. The monoisotopic (exact) mass is 463 g/mol. The Labute approximate surface area is 183 Å². The van der Waals surface area contributed by atoms with Crippen LogP contribution in [-0.2, 0) is 4.79 Å². The standard InChI is InChI=1S/C24H22BrN3O2/c1-24(2)13-21(29)19(22(30)14-24)15-26-23-12-20(16-8-10-17(25)11-9-16)27-28(23)18-6-4-3-5-7-18/h3-12,15,29H,13-14H2,1-2H3. The Morgan fingerprint density at radius 1 is 1.10 bits per heavy atom. The second-order valence-corrected chi connectivity index (χ2v) is 9.12. The lowest BCUT2D eigenvalue weighted by Gasteiger charge is -2.28. The van der Waals surface area contributed by atoms with Gasteiger partial charge in [0.25, 0.3) is 0 Å². The Balaban J connectivity index is 1.76. The molecule has 1 aromatic heterocycles. The van der Waals surface area contributed by atoms with E-state index in [1.54, 1.807) is 4.68 Å². The van der Waals surface area contributed by atoms with E-state index < -0.39 is 0 Å². The van der Waals surface area contributed by atoms with Crippen molar-refractivity contribution >= 4 is 33.7 Å². The molecule has 0 aliphatic heterocycles. The largest absolute Gasteiger partial charge is 0.511 e. The Morgan fingerprint density at radius 3 is 2.47 bits per heavy atom. The van der Waals surface area contributed by atoms with Gasteiger partial charge in [0.05, 0.1) is 17.0 Å². The number of aliphatic imine (C=N–C) groups is 1. The number of rotatable bonds is 4. The zero-order valence-electron chi connectivity index (χ0n) is 16.8. The summed E-state index contributed by atoms with van der Waals surface area (Å²) in [4.78, 5) is 17.1. The highest BCUT2D eigenvalue weighted by Crippen LogP contribution is 2.35. The van der Waals surface area contributed by atoms with Crippen LogP contribution < -0.4 is 0 Å². The third kappa shape index (κ3) is 4.28. The third-order valence-corrected chi connectivity index (χ3v) is 5.58. The second kappa shape index (κ2) is 8.03. The van der Waals surface area contributed by atoms with E-state index in [0.717, 1.165) is 21.4 Å². The molecular weight excluding hydrogens is 442 g/mol. The highest BCUT2D eigenvalue weighted by atomic mass is 79.9. The molecule has 152 valence electrons. The number of para-hydroxylation sites is 1. The van der Waals surface area contributed by atoms with Gasteiger partial charge in [-0.1, -0.05) is 60.1 Å². The maximum atomic E-state index is 12.5. The normalized spacial score (nSPS) is 16.4. The first-order chi connectivity index (χ1) is 14.3. The van der Waals surface area contributed by atoms with Crippen molar-refractivity contribution in [1.29, 1.82) is 0 Å². The molecule has 0 bridgehead atoms. The lowest BCUT2D eigenvalue weighted by molar-refractivity contribution is -0.117. The smallest absolute Gasteiger partial charge is 0.168 e. The van der Waals surface area contributed by atoms with Gasteiger partial charge in [0.1, 0.15) is 5.76 Å². The summed E-state index contributed by atoms with van der Waals surface area (Å²) in [6.07, 6.45) is 2.32. The summed E-state index contributed by atoms with van der Waals surface area (Å²) in [7, 11) is 0. The summed E-state index contributed by atoms with van der Waals surface area (Å²) in [5.41, 5.74) is 2.64. The molecule has 0 saturated heterocycles. The minimum absolute atomic E-state index is 0.0913. The molecule has 5 nitrogen and oxygen atoms in total. The molecule has 6 heteroatoms. The van der Waals surface area contributed by atoms with Gasteiger partial charge in [-0.25, -0.2) is 9.67 Å². The van der Waals surface area contributed by atoms with E-state index in [2.05, 4.69) is 20.9 Å². The molecule has 0 saturated carbocycles. The third-order valence-electron chi connectivity index (χ3n) is 5.05. The van der Waals surface area contributed by atoms with Crippen LogP contribution in [0.2, 0.25) is 0 Å². The van der Waals surface area contributed by atoms with E-state index in [9.17, 15) is 9.90 Å². The molecule has 3 aromatic rings. The highest BCUT2D eigenvalue weighted by Gasteiger charge is 2.32. The van der Waals surface area contributed by atoms with Crippen LogP contribution in [0.15, 0.2) is 81.5 Å². The summed E-state index contributed by atoms with van der Waals surface area (Å²) in [5.74, 6) is 0.586. The number of aliphatic hydroxyl groups is 1. The van der Waals surface area contributed by atoms with Crippen molar-refractivity contribution in [1.82, 2.24) is 9.78 Å². The van der Waals surface area contributed by atoms with Crippen molar-refractivity contribution in [2.24, 2.45) is 10.4 Å². The molecule has 0 amide bonds. The van der Waals surface area contributed by atoms with Gasteiger partial charge in [-0.2, -0.15) is 5.10 Å². The maximum Gasteiger partial charge on any atom is 0.168 e. The minimum Gasteiger partial charge on any atom is -0.511 e. The number of ketones is 1. The van der Waals surface area contributed by atoms with E-state index in [1.165, 1.54) is 6.21 Å². The Morgan fingerprint density at radius 2 is 1.80 bits per heavy atom. The van der Waals surface area contributed by atoms with Gasteiger partial charge < -0.3 is 5.11 Å². The number of carbonyl (C=O) groups is 1. The lowest BCUT2D eigenvalue weighted by atomic mass is 9.77. The van der Waals surface area contributed by atoms with E-state index in [0.29, 0.717) is 18.7 Å². The zero-order valence-corrected chi connectivity index (χ0v) is 18.4. The van der Waals surface area contributed by atoms with Crippen molar-refractivity contribution in [3.05, 3.63) is 76.5 Å². The Kier molecular flexibility index (Phi) is 5.43. The number of aromatic nitrogens is 2. The maximum absolute atomic E-state index is 12.5. The summed E-state index contributed by atoms with van der Waals surface area (Å²) in [6.45, 7) is 3.95. The number of carbonyl (C=O) groups excluding carboxylic acids is 1. The SMILES string of the molecule is CC1(C)CC(=O)C(C=Nc2cc(-c3ccc(Br)cc3)nn2-c2ccccc2)=C(O)C1. The van der Waals surface area contributed by atoms with Crippen LogP contribution in [0.25, 0.3) is 16.9 Å². The van der Waals surface area contributed by atoms with Crippen LogP contribution in [0.5, 0.6) is 0 Å². The molecule has 0 unspecified atom stereocenters. The van der Waals surface area contributed by atoms with Crippen LogP contribution in [0.1, 0.15) is 26.7 Å². The molecule has 1 heterocycles. The Hall–Kier alpha value is -2.99. The lowest BCUT2D eigenvalue weighted by Crippen LogP contribution is -2.26. The van der Waals surface area contributed by atoms with Crippen LogP contribution in [0.4, 0.5) is 5.82 Å². The molecular formula is C24H22BrN3O2. The molecule has 0 fully saturated rings. The van der Waals surface area contributed by atoms with Crippen molar-refractivity contribution < 1.29 is 9.90 Å². The summed E-state index contributed by atoms with van der Waals surface area (Å²) >= 11 is 3.45. The average molecular weight is 464 g/mol. The highest BCUT2D eigenvalue weighted by molar-refractivity contribution is 9.10. The molecule has 30 heavy (non-hydrogen) atoms. The van der Waals surface area contributed by atoms with Gasteiger partial charge in [-0.15, -0.1) is 0 Å². The number of allylic oxidation sites excluding steroid dienone is 2. The van der Waals surface area contributed by atoms with Crippen molar-refractivity contribution in [2.75, 3.05) is 0 Å². The zero-order chi connectivity index (χ0) is 21.3. The fourth-order valence-electron chi connectivity index (χ4n) is 3.56. The van der Waals surface area contributed by atoms with Crippen molar-refractivity contribution in [3.8, 4) is 16.9 Å². The van der Waals surface area contributed by atoms with Gasteiger partial charge in [-0.05, 0) is 29.7 Å². The van der Waals surface area contributed by atoms with Gasteiger partial charge in [-0.3, -0.25) is 4.79 Å². The fourth-order valence-corrected chi connectivity index (χ4v) is 3.83. The molecule has 0 radical (unpaired) electrons. The van der Waals surface area contributed by atoms with Crippen molar-refractivity contribution in [2.45, 2.75) is 26.7 Å². The summed E-state index contributed by atoms with van der Waals surface area (Å²) in [5, 5.41) is 15.1. The topological polar surface area (TPSA) is 67.5 Å². The van der Waals surface area contributed by atoms with Gasteiger partial charge in [0.15, 0.2) is 11.6 Å². The van der Waals surface area contributed by atoms with E-state index in [4.69, 9.17) is 5.10 Å². The number of Topliss-reactive ketones (excluding diaryl/α,β-unsaturated/α-hetero) is 1. The van der Waals surface area contributed by atoms with E-state index >= 15 is 0 Å². The summed E-state index contributed by atoms with van der Waals surface area (Å²) in [6, 6.07) is 19.5. The first kappa shape index (κ1) is 20.3. The number of halogens is 1. The minimum atomic E-state index is -0.237.